The lowest BCUT2D eigenvalue weighted by Gasteiger charge is -2.15. The van der Waals surface area contributed by atoms with Crippen LogP contribution in [0.2, 0.25) is 0 Å². The molecule has 0 heterocycles. The van der Waals surface area contributed by atoms with Crippen LogP contribution >= 0.6 is 22.6 Å². The zero-order valence-corrected chi connectivity index (χ0v) is 12.4. The summed E-state index contributed by atoms with van der Waals surface area (Å²) in [6.07, 6.45) is 0. The number of likely N-dealkylation sites (N-methyl/N-ethyl adjacent to an activating group) is 1. The van der Waals surface area contributed by atoms with E-state index in [2.05, 4.69) is 27.9 Å². The van der Waals surface area contributed by atoms with Gasteiger partial charge in [-0.2, -0.15) is 0 Å². The molecule has 0 aliphatic rings. The molecule has 0 saturated heterocycles. The minimum absolute atomic E-state index is 0.137. The van der Waals surface area contributed by atoms with E-state index in [9.17, 15) is 9.59 Å². The molecule has 1 rings (SSSR count). The number of nitrogens with one attached hydrogen (secondary N) is 1. The summed E-state index contributed by atoms with van der Waals surface area (Å²) in [5.41, 5.74) is 1.51. The Morgan fingerprint density at radius 1 is 1.44 bits per heavy atom. The maximum atomic E-state index is 11.7. The molecule has 1 aromatic carbocycles. The van der Waals surface area contributed by atoms with Crippen molar-refractivity contribution in [2.24, 2.45) is 0 Å². The summed E-state index contributed by atoms with van der Waals surface area (Å²) in [7, 11) is 1.47. The monoisotopic (exact) mass is 362 g/mol. The van der Waals surface area contributed by atoms with Crippen molar-refractivity contribution in [3.8, 4) is 0 Å². The third-order valence-electron chi connectivity index (χ3n) is 2.41. The Labute approximate surface area is 119 Å². The Morgan fingerprint density at radius 2 is 2.11 bits per heavy atom. The molecule has 0 saturated carbocycles. The number of benzene rings is 1. The zero-order chi connectivity index (χ0) is 13.7. The van der Waals surface area contributed by atoms with Gasteiger partial charge in [0.25, 0.3) is 0 Å². The van der Waals surface area contributed by atoms with Gasteiger partial charge >= 0.3 is 11.8 Å². The van der Waals surface area contributed by atoms with Crippen molar-refractivity contribution in [1.29, 1.82) is 0 Å². The number of hydrogen-bond donors (Lipinski definition) is 2. The van der Waals surface area contributed by atoms with Gasteiger partial charge in [0.2, 0.25) is 0 Å². The van der Waals surface area contributed by atoms with Gasteiger partial charge in [-0.25, -0.2) is 0 Å². The molecule has 2 N–H and O–H groups in total. The molecule has 0 bridgehead atoms. The van der Waals surface area contributed by atoms with Gasteiger partial charge in [0.05, 0.1) is 6.61 Å². The van der Waals surface area contributed by atoms with Crippen molar-refractivity contribution in [3.63, 3.8) is 0 Å². The highest BCUT2D eigenvalue weighted by molar-refractivity contribution is 14.1. The first-order chi connectivity index (χ1) is 8.45. The topological polar surface area (TPSA) is 69.6 Å². The fraction of sp³-hybridized carbons (Fsp3) is 0.333. The number of aryl methyl sites for hydroxylation is 1. The molecule has 0 fully saturated rings. The van der Waals surface area contributed by atoms with Crippen LogP contribution in [0.3, 0.4) is 0 Å². The average molecular weight is 362 g/mol. The van der Waals surface area contributed by atoms with Gasteiger partial charge in [-0.15, -0.1) is 0 Å². The van der Waals surface area contributed by atoms with Crippen molar-refractivity contribution in [1.82, 2.24) is 4.90 Å². The van der Waals surface area contributed by atoms with E-state index in [4.69, 9.17) is 5.11 Å². The van der Waals surface area contributed by atoms with E-state index in [-0.39, 0.29) is 13.2 Å². The maximum absolute atomic E-state index is 11.7. The minimum Gasteiger partial charge on any atom is -0.395 e. The smallest absolute Gasteiger partial charge is 0.313 e. The number of carbonyl (C=O) groups is 2. The fourth-order valence-electron chi connectivity index (χ4n) is 1.37. The van der Waals surface area contributed by atoms with Gasteiger partial charge in [-0.3, -0.25) is 9.59 Å². The minimum atomic E-state index is -0.699. The van der Waals surface area contributed by atoms with E-state index in [0.29, 0.717) is 5.69 Å². The van der Waals surface area contributed by atoms with Crippen LogP contribution in [-0.2, 0) is 9.59 Å². The Kier molecular flexibility index (Phi) is 5.54. The van der Waals surface area contributed by atoms with E-state index in [1.54, 1.807) is 6.07 Å². The molecule has 0 aliphatic carbocycles. The van der Waals surface area contributed by atoms with Crippen molar-refractivity contribution in [2.45, 2.75) is 6.92 Å². The highest BCUT2D eigenvalue weighted by Crippen LogP contribution is 2.17. The quantitative estimate of drug-likeness (QED) is 0.623. The number of rotatable bonds is 3. The third-order valence-corrected chi connectivity index (χ3v) is 3.08. The molecule has 0 aliphatic heterocycles. The van der Waals surface area contributed by atoms with Crippen LogP contribution in [0.4, 0.5) is 5.69 Å². The predicted molar refractivity (Wildman–Crippen MR) is 77.2 cm³/mol. The average Bonchev–Trinajstić information content (AvgIpc) is 2.32. The molecule has 98 valence electrons. The van der Waals surface area contributed by atoms with Gasteiger partial charge in [-0.1, -0.05) is 0 Å². The number of carbonyl (C=O) groups excluding carboxylic acids is 2. The molecule has 2 amide bonds. The van der Waals surface area contributed by atoms with Crippen LogP contribution in [0.1, 0.15) is 5.56 Å². The molecular formula is C12H15IN2O3. The first kappa shape index (κ1) is 14.9. The summed E-state index contributed by atoms with van der Waals surface area (Å²) < 4.78 is 1.06. The Morgan fingerprint density at radius 3 is 2.67 bits per heavy atom. The standard InChI is InChI=1S/C12H15IN2O3/c1-8-7-9(13)3-4-10(8)14-11(17)12(18)15(2)5-6-16/h3-4,7,16H,5-6H2,1-2H3,(H,14,17). The molecule has 5 nitrogen and oxygen atoms in total. The van der Waals surface area contributed by atoms with Crippen LogP contribution < -0.4 is 5.32 Å². The number of amides is 2. The van der Waals surface area contributed by atoms with Crippen molar-refractivity contribution in [2.75, 3.05) is 25.5 Å². The summed E-state index contributed by atoms with van der Waals surface area (Å²) >= 11 is 2.18. The van der Waals surface area contributed by atoms with Gasteiger partial charge in [-0.05, 0) is 53.3 Å². The van der Waals surface area contributed by atoms with Gasteiger partial charge in [0.1, 0.15) is 0 Å². The van der Waals surface area contributed by atoms with Crippen molar-refractivity contribution in [3.05, 3.63) is 27.3 Å². The molecule has 0 aromatic heterocycles. The number of nitrogens with zero attached hydrogens (tertiary/aromatic N) is 1. The summed E-state index contributed by atoms with van der Waals surface area (Å²) in [5.74, 6) is -1.36. The van der Waals surface area contributed by atoms with Crippen molar-refractivity contribution < 1.29 is 14.7 Å². The first-order valence-electron chi connectivity index (χ1n) is 5.39. The zero-order valence-electron chi connectivity index (χ0n) is 10.2. The molecule has 0 spiro atoms. The van der Waals surface area contributed by atoms with Crippen LogP contribution in [-0.4, -0.2) is 42.0 Å². The second-order valence-electron chi connectivity index (χ2n) is 3.86. The highest BCUT2D eigenvalue weighted by Gasteiger charge is 2.18. The van der Waals surface area contributed by atoms with Crippen LogP contribution in [0, 0.1) is 10.5 Å². The Hall–Kier alpha value is -1.15. The summed E-state index contributed by atoms with van der Waals surface area (Å²) in [6, 6.07) is 5.53. The molecule has 0 unspecified atom stereocenters. The summed E-state index contributed by atoms with van der Waals surface area (Å²) in [4.78, 5) is 24.5. The number of aliphatic hydroxyl groups excluding tert-OH is 1. The van der Waals surface area contributed by atoms with Gasteiger partial charge in [0.15, 0.2) is 0 Å². The highest BCUT2D eigenvalue weighted by atomic mass is 127. The normalized spacial score (nSPS) is 10.0. The van der Waals surface area contributed by atoms with E-state index >= 15 is 0 Å². The Bertz CT molecular complexity index is 463. The number of halogens is 1. The number of anilines is 1. The van der Waals surface area contributed by atoms with Crippen molar-refractivity contribution >= 4 is 40.1 Å². The Balaban J connectivity index is 2.72. The first-order valence-corrected chi connectivity index (χ1v) is 6.47. The van der Waals surface area contributed by atoms with E-state index in [0.717, 1.165) is 9.13 Å². The number of aliphatic hydroxyl groups is 1. The second kappa shape index (κ2) is 6.69. The van der Waals surface area contributed by atoms with Gasteiger partial charge < -0.3 is 15.3 Å². The van der Waals surface area contributed by atoms with Crippen LogP contribution in [0.15, 0.2) is 18.2 Å². The predicted octanol–water partition coefficient (Wildman–Crippen LogP) is 0.989. The van der Waals surface area contributed by atoms with Gasteiger partial charge in [0, 0.05) is 22.8 Å². The molecule has 1 aromatic rings. The maximum Gasteiger partial charge on any atom is 0.313 e. The molecule has 0 radical (unpaired) electrons. The second-order valence-corrected chi connectivity index (χ2v) is 5.11. The summed E-state index contributed by atoms with van der Waals surface area (Å²) in [6.45, 7) is 1.83. The molecule has 18 heavy (non-hydrogen) atoms. The van der Waals surface area contributed by atoms with Crippen LogP contribution in [0.25, 0.3) is 0 Å². The lowest BCUT2D eigenvalue weighted by Crippen LogP contribution is -2.38. The number of hydrogen-bond acceptors (Lipinski definition) is 3. The lowest BCUT2D eigenvalue weighted by atomic mass is 10.2. The van der Waals surface area contributed by atoms with E-state index in [1.165, 1.54) is 11.9 Å². The lowest BCUT2D eigenvalue weighted by molar-refractivity contribution is -0.142. The molecule has 6 heteroatoms. The molecular weight excluding hydrogens is 347 g/mol. The fourth-order valence-corrected chi connectivity index (χ4v) is 2.01. The van der Waals surface area contributed by atoms with Crippen LogP contribution in [0.5, 0.6) is 0 Å². The largest absolute Gasteiger partial charge is 0.395 e. The summed E-state index contributed by atoms with van der Waals surface area (Å²) in [5, 5.41) is 11.3. The molecule has 0 atom stereocenters. The SMILES string of the molecule is Cc1cc(I)ccc1NC(=O)C(=O)N(C)CCO. The van der Waals surface area contributed by atoms with E-state index in [1.807, 2.05) is 19.1 Å². The van der Waals surface area contributed by atoms with E-state index < -0.39 is 11.8 Å². The third kappa shape index (κ3) is 3.95.